The summed E-state index contributed by atoms with van der Waals surface area (Å²) in [5, 5.41) is 11.0. The molecule has 0 spiro atoms. The molecule has 1 aromatic heterocycles. The van der Waals surface area contributed by atoms with Crippen LogP contribution in [0.4, 0.5) is 5.82 Å². The summed E-state index contributed by atoms with van der Waals surface area (Å²) in [4.78, 5) is 29.4. The number of ether oxygens (including phenoxy) is 1. The summed E-state index contributed by atoms with van der Waals surface area (Å²) >= 11 is 6.16. The van der Waals surface area contributed by atoms with Crippen LogP contribution in [-0.4, -0.2) is 83.4 Å². The van der Waals surface area contributed by atoms with Gasteiger partial charge in [0, 0.05) is 57.0 Å². The van der Waals surface area contributed by atoms with Crippen molar-refractivity contribution in [1.82, 2.24) is 19.8 Å². The molecule has 2 fully saturated rings. The van der Waals surface area contributed by atoms with Crippen LogP contribution in [0.1, 0.15) is 67.4 Å². The molecule has 2 aromatic rings. The first-order valence-electron chi connectivity index (χ1n) is 13.0. The lowest BCUT2D eigenvalue weighted by atomic mass is 9.95. The van der Waals surface area contributed by atoms with Gasteiger partial charge in [0.25, 0.3) is 0 Å². The van der Waals surface area contributed by atoms with Gasteiger partial charge in [-0.3, -0.25) is 9.69 Å². The van der Waals surface area contributed by atoms with Crippen molar-refractivity contribution in [2.45, 2.75) is 56.8 Å². The Balaban J connectivity index is 1.32. The maximum absolute atomic E-state index is 13.9. The lowest BCUT2D eigenvalue weighted by molar-refractivity contribution is -0.135. The molecule has 2 saturated heterocycles. The number of anilines is 1. The van der Waals surface area contributed by atoms with Crippen molar-refractivity contribution in [3.05, 3.63) is 52.4 Å². The Kier molecular flexibility index (Phi) is 7.76. The van der Waals surface area contributed by atoms with E-state index in [0.717, 1.165) is 48.4 Å². The summed E-state index contributed by atoms with van der Waals surface area (Å²) < 4.78 is 5.74. The van der Waals surface area contributed by atoms with Crippen molar-refractivity contribution in [3.8, 4) is 0 Å². The van der Waals surface area contributed by atoms with Crippen molar-refractivity contribution >= 4 is 23.3 Å². The maximum Gasteiger partial charge on any atom is 0.231 e. The second kappa shape index (κ2) is 11.0. The van der Waals surface area contributed by atoms with Gasteiger partial charge in [0.05, 0.1) is 17.7 Å². The number of rotatable bonds is 6. The Labute approximate surface area is 218 Å². The summed E-state index contributed by atoms with van der Waals surface area (Å²) in [7, 11) is 1.76. The van der Waals surface area contributed by atoms with E-state index >= 15 is 0 Å². The monoisotopic (exact) mass is 513 g/mol. The number of likely N-dealkylation sites (tertiary alicyclic amines) is 1. The van der Waals surface area contributed by atoms with Crippen molar-refractivity contribution in [3.63, 3.8) is 0 Å². The van der Waals surface area contributed by atoms with Gasteiger partial charge in [0.15, 0.2) is 0 Å². The highest BCUT2D eigenvalue weighted by Gasteiger charge is 2.36. The molecule has 3 heterocycles. The minimum Gasteiger partial charge on any atom is -0.387 e. The van der Waals surface area contributed by atoms with Crippen LogP contribution in [0.2, 0.25) is 5.02 Å². The molecule has 9 heteroatoms. The Morgan fingerprint density at radius 1 is 1.14 bits per heavy atom. The van der Waals surface area contributed by atoms with Gasteiger partial charge in [-0.05, 0) is 49.3 Å². The number of carbonyl (C=O) groups excluding carboxylic acids is 1. The summed E-state index contributed by atoms with van der Waals surface area (Å²) in [6.45, 7) is 6.36. The SMILES string of the molecule is COC1CCCCN1C[C@@H](C(=O)N1CCN(c2ncnc3c2[C@H](C)C[C@H]3O)CC1)c1ccc(Cl)cc1. The Bertz CT molecular complexity index is 1060. The van der Waals surface area contributed by atoms with E-state index < -0.39 is 6.10 Å². The summed E-state index contributed by atoms with van der Waals surface area (Å²) in [5.74, 6) is 0.997. The number of halogens is 1. The number of aromatic nitrogens is 2. The number of aliphatic hydroxyl groups excluding tert-OH is 1. The molecule has 1 aliphatic carbocycles. The van der Waals surface area contributed by atoms with E-state index in [-0.39, 0.29) is 24.0 Å². The van der Waals surface area contributed by atoms with E-state index in [4.69, 9.17) is 16.3 Å². The minimum atomic E-state index is -0.523. The van der Waals surface area contributed by atoms with E-state index in [1.165, 1.54) is 0 Å². The zero-order valence-corrected chi connectivity index (χ0v) is 21.9. The molecular weight excluding hydrogens is 478 g/mol. The molecule has 3 aliphatic rings. The average Bonchev–Trinajstić information content (AvgIpc) is 3.21. The van der Waals surface area contributed by atoms with Crippen molar-refractivity contribution < 1.29 is 14.6 Å². The van der Waals surface area contributed by atoms with Crippen LogP contribution >= 0.6 is 11.6 Å². The number of nitrogens with zero attached hydrogens (tertiary/aromatic N) is 5. The van der Waals surface area contributed by atoms with Gasteiger partial charge in [0.1, 0.15) is 18.4 Å². The first kappa shape index (κ1) is 25.4. The zero-order valence-electron chi connectivity index (χ0n) is 21.1. The van der Waals surface area contributed by atoms with Gasteiger partial charge in [-0.1, -0.05) is 30.7 Å². The van der Waals surface area contributed by atoms with Crippen LogP contribution in [0, 0.1) is 0 Å². The number of fused-ring (bicyclic) bond motifs is 1. The third-order valence-electron chi connectivity index (χ3n) is 7.98. The molecule has 1 unspecified atom stereocenters. The fraction of sp³-hybridized carbons (Fsp3) is 0.593. The Morgan fingerprint density at radius 2 is 1.89 bits per heavy atom. The second-order valence-electron chi connectivity index (χ2n) is 10.2. The lowest BCUT2D eigenvalue weighted by Crippen LogP contribution is -2.52. The van der Waals surface area contributed by atoms with Crippen molar-refractivity contribution in [1.29, 1.82) is 0 Å². The van der Waals surface area contributed by atoms with Crippen LogP contribution in [0.15, 0.2) is 30.6 Å². The zero-order chi connectivity index (χ0) is 25.2. The molecular formula is C27H36ClN5O3. The molecule has 0 bridgehead atoms. The normalized spacial score (nSPS) is 25.6. The van der Waals surface area contributed by atoms with Gasteiger partial charge in [-0.15, -0.1) is 0 Å². The van der Waals surface area contributed by atoms with Gasteiger partial charge in [-0.25, -0.2) is 9.97 Å². The van der Waals surface area contributed by atoms with Crippen LogP contribution < -0.4 is 4.90 Å². The fourth-order valence-electron chi connectivity index (χ4n) is 6.01. The summed E-state index contributed by atoms with van der Waals surface area (Å²) in [5.41, 5.74) is 2.80. The van der Waals surface area contributed by atoms with Crippen molar-refractivity contribution in [2.75, 3.05) is 51.3 Å². The Hall–Kier alpha value is -2.26. The molecule has 5 rings (SSSR count). The number of amides is 1. The highest BCUT2D eigenvalue weighted by molar-refractivity contribution is 6.30. The van der Waals surface area contributed by atoms with Crippen LogP contribution in [0.25, 0.3) is 0 Å². The third kappa shape index (κ3) is 5.09. The predicted octanol–water partition coefficient (Wildman–Crippen LogP) is 3.56. The first-order valence-corrected chi connectivity index (χ1v) is 13.4. The van der Waals surface area contributed by atoms with E-state index in [2.05, 4.69) is 26.7 Å². The number of hydrogen-bond donors (Lipinski definition) is 1. The predicted molar refractivity (Wildman–Crippen MR) is 139 cm³/mol. The molecule has 0 radical (unpaired) electrons. The van der Waals surface area contributed by atoms with Gasteiger partial charge < -0.3 is 19.6 Å². The molecule has 1 N–H and O–H groups in total. The second-order valence-corrected chi connectivity index (χ2v) is 10.7. The number of aliphatic hydroxyl groups is 1. The van der Waals surface area contributed by atoms with Crippen LogP contribution in [-0.2, 0) is 9.53 Å². The molecule has 4 atom stereocenters. The molecule has 0 saturated carbocycles. The van der Waals surface area contributed by atoms with Crippen LogP contribution in [0.5, 0.6) is 0 Å². The van der Waals surface area contributed by atoms with Gasteiger partial charge >= 0.3 is 0 Å². The number of methoxy groups -OCH3 is 1. The smallest absolute Gasteiger partial charge is 0.231 e. The van der Waals surface area contributed by atoms with E-state index in [9.17, 15) is 9.90 Å². The summed E-state index contributed by atoms with van der Waals surface area (Å²) in [6.07, 6.45) is 5.03. The molecule has 1 amide bonds. The number of carbonyl (C=O) groups is 1. The largest absolute Gasteiger partial charge is 0.387 e. The number of hydrogen-bond acceptors (Lipinski definition) is 7. The standard InChI is InChI=1S/C27H36ClN5O3/c1-18-15-22(34)25-24(18)26(30-17-29-25)31-11-13-32(14-12-31)27(35)21(19-6-8-20(28)9-7-19)16-33-10-4-3-5-23(33)36-2/h6-9,17-18,21-23,34H,3-5,10-16H2,1-2H3/t18-,21-,22-,23?/m1/s1. The molecule has 36 heavy (non-hydrogen) atoms. The van der Waals surface area contributed by atoms with Crippen LogP contribution in [0.3, 0.4) is 0 Å². The quantitative estimate of drug-likeness (QED) is 0.632. The van der Waals surface area contributed by atoms with E-state index in [0.29, 0.717) is 44.2 Å². The average molecular weight is 514 g/mol. The number of piperazine rings is 1. The fourth-order valence-corrected chi connectivity index (χ4v) is 6.13. The molecule has 8 nitrogen and oxygen atoms in total. The molecule has 2 aliphatic heterocycles. The van der Waals surface area contributed by atoms with Gasteiger partial charge in [-0.2, -0.15) is 0 Å². The van der Waals surface area contributed by atoms with Crippen molar-refractivity contribution in [2.24, 2.45) is 0 Å². The number of benzene rings is 1. The Morgan fingerprint density at radius 3 is 2.61 bits per heavy atom. The number of piperidine rings is 1. The molecule has 194 valence electrons. The highest BCUT2D eigenvalue weighted by atomic mass is 35.5. The highest BCUT2D eigenvalue weighted by Crippen LogP contribution is 2.42. The third-order valence-corrected chi connectivity index (χ3v) is 8.24. The summed E-state index contributed by atoms with van der Waals surface area (Å²) in [6, 6.07) is 7.68. The topological polar surface area (TPSA) is 82.0 Å². The van der Waals surface area contributed by atoms with Gasteiger partial charge in [0.2, 0.25) is 5.91 Å². The molecule has 1 aromatic carbocycles. The maximum atomic E-state index is 13.9. The minimum absolute atomic E-state index is 0.0513. The first-order chi connectivity index (χ1) is 17.5. The lowest BCUT2D eigenvalue weighted by Gasteiger charge is -2.40. The van der Waals surface area contributed by atoms with E-state index in [1.807, 2.05) is 29.2 Å². The van der Waals surface area contributed by atoms with E-state index in [1.54, 1.807) is 13.4 Å².